The zero-order valence-electron chi connectivity index (χ0n) is 9.99. The highest BCUT2D eigenvalue weighted by Gasteiger charge is 2.02. The highest BCUT2D eigenvalue weighted by molar-refractivity contribution is 6.32. The fourth-order valence-corrected chi connectivity index (χ4v) is 1.80. The summed E-state index contributed by atoms with van der Waals surface area (Å²) in [6.07, 6.45) is 3.96. The SMILES string of the molecule is NCc1ccc(OCCCCCCO)c(Cl)c1. The standard InChI is InChI=1S/C13H20ClNO2/c14-12-9-11(10-15)5-6-13(12)17-8-4-2-1-3-7-16/h5-6,9,16H,1-4,7-8,10,15H2. The molecule has 96 valence electrons. The largest absolute Gasteiger partial charge is 0.492 e. The first-order valence-electron chi connectivity index (χ1n) is 6.00. The van der Waals surface area contributed by atoms with E-state index in [0.29, 0.717) is 23.9 Å². The minimum Gasteiger partial charge on any atom is -0.492 e. The van der Waals surface area contributed by atoms with Gasteiger partial charge in [0.05, 0.1) is 11.6 Å². The Morgan fingerprint density at radius 3 is 2.59 bits per heavy atom. The van der Waals surface area contributed by atoms with Crippen LogP contribution < -0.4 is 10.5 Å². The summed E-state index contributed by atoms with van der Waals surface area (Å²) in [6, 6.07) is 5.62. The van der Waals surface area contributed by atoms with Gasteiger partial charge in [-0.3, -0.25) is 0 Å². The van der Waals surface area contributed by atoms with Gasteiger partial charge in [0, 0.05) is 13.2 Å². The third-order valence-corrected chi connectivity index (χ3v) is 2.84. The average molecular weight is 258 g/mol. The molecule has 0 aliphatic carbocycles. The molecule has 0 spiro atoms. The lowest BCUT2D eigenvalue weighted by molar-refractivity contribution is 0.273. The number of rotatable bonds is 8. The molecule has 0 aliphatic heterocycles. The molecule has 0 radical (unpaired) electrons. The lowest BCUT2D eigenvalue weighted by Gasteiger charge is -2.08. The number of unbranched alkanes of at least 4 members (excludes halogenated alkanes) is 3. The van der Waals surface area contributed by atoms with Gasteiger partial charge in [0.25, 0.3) is 0 Å². The van der Waals surface area contributed by atoms with Crippen LogP contribution >= 0.6 is 11.6 Å². The lowest BCUT2D eigenvalue weighted by atomic mass is 10.2. The second kappa shape index (κ2) is 8.34. The van der Waals surface area contributed by atoms with E-state index in [4.69, 9.17) is 27.2 Å². The molecule has 0 saturated heterocycles. The first-order chi connectivity index (χ1) is 8.27. The first kappa shape index (κ1) is 14.3. The Labute approximate surface area is 108 Å². The Bertz CT molecular complexity index is 331. The predicted octanol–water partition coefficient (Wildman–Crippen LogP) is 2.73. The van der Waals surface area contributed by atoms with E-state index in [1.807, 2.05) is 18.2 Å². The molecule has 0 unspecified atom stereocenters. The molecule has 0 aromatic heterocycles. The Balaban J connectivity index is 2.27. The molecule has 17 heavy (non-hydrogen) atoms. The normalized spacial score (nSPS) is 10.5. The molecular formula is C13H20ClNO2. The minimum atomic E-state index is 0.271. The van der Waals surface area contributed by atoms with E-state index >= 15 is 0 Å². The van der Waals surface area contributed by atoms with Crippen molar-refractivity contribution in [1.82, 2.24) is 0 Å². The van der Waals surface area contributed by atoms with Crippen molar-refractivity contribution in [2.45, 2.75) is 32.2 Å². The fraction of sp³-hybridized carbons (Fsp3) is 0.538. The van der Waals surface area contributed by atoms with Crippen LogP contribution in [-0.4, -0.2) is 18.3 Å². The number of hydrogen-bond acceptors (Lipinski definition) is 3. The van der Waals surface area contributed by atoms with Gasteiger partial charge in [0.2, 0.25) is 0 Å². The number of aliphatic hydroxyl groups is 1. The monoisotopic (exact) mass is 257 g/mol. The van der Waals surface area contributed by atoms with Crippen LogP contribution in [0.3, 0.4) is 0 Å². The fourth-order valence-electron chi connectivity index (χ4n) is 1.54. The molecular weight excluding hydrogens is 238 g/mol. The molecule has 0 bridgehead atoms. The van der Waals surface area contributed by atoms with Crippen molar-refractivity contribution in [3.63, 3.8) is 0 Å². The topological polar surface area (TPSA) is 55.5 Å². The summed E-state index contributed by atoms with van der Waals surface area (Å²) < 4.78 is 5.58. The van der Waals surface area contributed by atoms with E-state index in [9.17, 15) is 0 Å². The summed E-state index contributed by atoms with van der Waals surface area (Å²) in [4.78, 5) is 0. The molecule has 1 rings (SSSR count). The van der Waals surface area contributed by atoms with Crippen molar-refractivity contribution >= 4 is 11.6 Å². The number of ether oxygens (including phenoxy) is 1. The Morgan fingerprint density at radius 1 is 1.18 bits per heavy atom. The summed E-state index contributed by atoms with van der Waals surface area (Å²) in [5, 5.41) is 9.24. The van der Waals surface area contributed by atoms with Crippen LogP contribution in [0.25, 0.3) is 0 Å². The first-order valence-corrected chi connectivity index (χ1v) is 6.38. The number of halogens is 1. The second-order valence-electron chi connectivity index (χ2n) is 3.96. The summed E-state index contributed by atoms with van der Waals surface area (Å²) in [5.41, 5.74) is 6.52. The summed E-state index contributed by atoms with van der Waals surface area (Å²) in [5.74, 6) is 0.714. The number of benzene rings is 1. The molecule has 0 aliphatic rings. The molecule has 0 atom stereocenters. The number of aliphatic hydroxyl groups excluding tert-OH is 1. The molecule has 1 aromatic rings. The maximum Gasteiger partial charge on any atom is 0.137 e. The summed E-state index contributed by atoms with van der Waals surface area (Å²) in [7, 11) is 0. The third-order valence-electron chi connectivity index (χ3n) is 2.54. The van der Waals surface area contributed by atoms with Gasteiger partial charge in [0.15, 0.2) is 0 Å². The van der Waals surface area contributed by atoms with Crippen LogP contribution in [0.4, 0.5) is 0 Å². The van der Waals surface area contributed by atoms with Crippen LogP contribution in [0.1, 0.15) is 31.2 Å². The number of hydrogen-bond donors (Lipinski definition) is 2. The van der Waals surface area contributed by atoms with Gasteiger partial charge in [-0.2, -0.15) is 0 Å². The quantitative estimate of drug-likeness (QED) is 0.704. The van der Waals surface area contributed by atoms with Crippen LogP contribution in [0.15, 0.2) is 18.2 Å². The van der Waals surface area contributed by atoms with Crippen molar-refractivity contribution in [2.24, 2.45) is 5.73 Å². The van der Waals surface area contributed by atoms with Crippen molar-refractivity contribution in [3.8, 4) is 5.75 Å². The van der Waals surface area contributed by atoms with E-state index in [1.165, 1.54) is 0 Å². The summed E-state index contributed by atoms with van der Waals surface area (Å²) >= 11 is 6.06. The van der Waals surface area contributed by atoms with Crippen LogP contribution in [0.2, 0.25) is 5.02 Å². The van der Waals surface area contributed by atoms with Gasteiger partial charge in [-0.15, -0.1) is 0 Å². The molecule has 3 nitrogen and oxygen atoms in total. The zero-order chi connectivity index (χ0) is 12.5. The molecule has 4 heteroatoms. The van der Waals surface area contributed by atoms with Crippen molar-refractivity contribution in [1.29, 1.82) is 0 Å². The highest BCUT2D eigenvalue weighted by Crippen LogP contribution is 2.25. The van der Waals surface area contributed by atoms with E-state index in [-0.39, 0.29) is 6.61 Å². The number of nitrogens with two attached hydrogens (primary N) is 1. The van der Waals surface area contributed by atoms with Gasteiger partial charge < -0.3 is 15.6 Å². The minimum absolute atomic E-state index is 0.271. The predicted molar refractivity (Wildman–Crippen MR) is 70.4 cm³/mol. The van der Waals surface area contributed by atoms with Crippen LogP contribution in [0, 0.1) is 0 Å². The van der Waals surface area contributed by atoms with Gasteiger partial charge in [-0.05, 0) is 37.0 Å². The van der Waals surface area contributed by atoms with E-state index in [2.05, 4.69) is 0 Å². The maximum absolute atomic E-state index is 8.63. The molecule has 0 amide bonds. The van der Waals surface area contributed by atoms with Gasteiger partial charge in [-0.25, -0.2) is 0 Å². The maximum atomic E-state index is 8.63. The molecule has 0 heterocycles. The Morgan fingerprint density at radius 2 is 1.94 bits per heavy atom. The third kappa shape index (κ3) is 5.39. The average Bonchev–Trinajstić information content (AvgIpc) is 2.35. The summed E-state index contributed by atoms with van der Waals surface area (Å²) in [6.45, 7) is 1.42. The zero-order valence-corrected chi connectivity index (χ0v) is 10.7. The lowest BCUT2D eigenvalue weighted by Crippen LogP contribution is -2.00. The van der Waals surface area contributed by atoms with Gasteiger partial charge in [-0.1, -0.05) is 24.1 Å². The van der Waals surface area contributed by atoms with E-state index in [0.717, 1.165) is 31.2 Å². The smallest absolute Gasteiger partial charge is 0.137 e. The molecule has 3 N–H and O–H groups in total. The second-order valence-corrected chi connectivity index (χ2v) is 4.36. The van der Waals surface area contributed by atoms with Crippen molar-refractivity contribution < 1.29 is 9.84 Å². The van der Waals surface area contributed by atoms with Crippen molar-refractivity contribution in [2.75, 3.05) is 13.2 Å². The molecule has 0 fully saturated rings. The molecule has 1 aromatic carbocycles. The Hall–Kier alpha value is -0.770. The molecule has 0 saturated carbocycles. The van der Waals surface area contributed by atoms with Crippen molar-refractivity contribution in [3.05, 3.63) is 28.8 Å². The van der Waals surface area contributed by atoms with Gasteiger partial charge in [0.1, 0.15) is 5.75 Å². The van der Waals surface area contributed by atoms with Crippen LogP contribution in [-0.2, 0) is 6.54 Å². The van der Waals surface area contributed by atoms with E-state index < -0.39 is 0 Å². The highest BCUT2D eigenvalue weighted by atomic mass is 35.5. The van der Waals surface area contributed by atoms with E-state index in [1.54, 1.807) is 0 Å². The van der Waals surface area contributed by atoms with Crippen LogP contribution in [0.5, 0.6) is 5.75 Å². The Kier molecular flexibility index (Phi) is 7.01. The van der Waals surface area contributed by atoms with Gasteiger partial charge >= 0.3 is 0 Å².